The molecule has 110 valence electrons. The SMILES string of the molecule is CCCCCC(C=CC(=O)O)c1cccc2ccccc12. The fourth-order valence-electron chi connectivity index (χ4n) is 2.74. The van der Waals surface area contributed by atoms with Gasteiger partial charge in [0.15, 0.2) is 0 Å². The number of fused-ring (bicyclic) bond motifs is 1. The molecule has 0 saturated heterocycles. The molecule has 0 amide bonds. The zero-order chi connectivity index (χ0) is 15.1. The summed E-state index contributed by atoms with van der Waals surface area (Å²) in [6.07, 6.45) is 7.57. The maximum atomic E-state index is 10.8. The summed E-state index contributed by atoms with van der Waals surface area (Å²) in [6, 6.07) is 14.6. The monoisotopic (exact) mass is 282 g/mol. The lowest BCUT2D eigenvalue weighted by Gasteiger charge is -2.15. The van der Waals surface area contributed by atoms with Crippen LogP contribution in [0, 0.1) is 0 Å². The molecule has 0 saturated carbocycles. The first-order valence-electron chi connectivity index (χ1n) is 7.61. The number of rotatable bonds is 7. The smallest absolute Gasteiger partial charge is 0.327 e. The Labute approximate surface area is 126 Å². The molecule has 1 N–H and O–H groups in total. The zero-order valence-electron chi connectivity index (χ0n) is 12.5. The van der Waals surface area contributed by atoms with Gasteiger partial charge < -0.3 is 5.11 Å². The predicted molar refractivity (Wildman–Crippen MR) is 87.6 cm³/mol. The van der Waals surface area contributed by atoms with Crippen molar-refractivity contribution in [1.82, 2.24) is 0 Å². The molecule has 2 nitrogen and oxygen atoms in total. The highest BCUT2D eigenvalue weighted by atomic mass is 16.4. The lowest BCUT2D eigenvalue weighted by Crippen LogP contribution is -1.99. The molecule has 0 aliphatic carbocycles. The molecule has 0 aromatic heterocycles. The van der Waals surface area contributed by atoms with Gasteiger partial charge in [-0.15, -0.1) is 0 Å². The van der Waals surface area contributed by atoms with Gasteiger partial charge in [-0.3, -0.25) is 0 Å². The maximum absolute atomic E-state index is 10.8. The Kier molecular flexibility index (Phi) is 5.56. The summed E-state index contributed by atoms with van der Waals surface area (Å²) in [7, 11) is 0. The highest BCUT2D eigenvalue weighted by molar-refractivity contribution is 5.86. The van der Waals surface area contributed by atoms with Crippen LogP contribution in [0.2, 0.25) is 0 Å². The minimum absolute atomic E-state index is 0.166. The van der Waals surface area contributed by atoms with Crippen molar-refractivity contribution in [2.45, 2.75) is 38.5 Å². The summed E-state index contributed by atoms with van der Waals surface area (Å²) in [4.78, 5) is 10.8. The lowest BCUT2D eigenvalue weighted by atomic mass is 9.89. The van der Waals surface area contributed by atoms with Gasteiger partial charge in [0, 0.05) is 12.0 Å². The summed E-state index contributed by atoms with van der Waals surface area (Å²) >= 11 is 0. The van der Waals surface area contributed by atoms with E-state index in [9.17, 15) is 4.79 Å². The highest BCUT2D eigenvalue weighted by Gasteiger charge is 2.11. The third kappa shape index (κ3) is 4.19. The van der Waals surface area contributed by atoms with E-state index in [0.717, 1.165) is 12.8 Å². The van der Waals surface area contributed by atoms with Gasteiger partial charge in [0.05, 0.1) is 0 Å². The molecule has 2 aromatic rings. The number of carboxylic acid groups (broad SMARTS) is 1. The zero-order valence-corrected chi connectivity index (χ0v) is 12.5. The van der Waals surface area contributed by atoms with Crippen molar-refractivity contribution in [3.05, 3.63) is 60.2 Å². The average molecular weight is 282 g/mol. The number of hydrogen-bond donors (Lipinski definition) is 1. The number of carbonyl (C=O) groups is 1. The summed E-state index contributed by atoms with van der Waals surface area (Å²) < 4.78 is 0. The number of allylic oxidation sites excluding steroid dienone is 1. The van der Waals surface area contributed by atoms with Gasteiger partial charge in [0.25, 0.3) is 0 Å². The number of benzene rings is 2. The first kappa shape index (κ1) is 15.3. The van der Waals surface area contributed by atoms with Crippen LogP contribution in [-0.2, 0) is 4.79 Å². The molecule has 0 spiro atoms. The van der Waals surface area contributed by atoms with Crippen molar-refractivity contribution in [1.29, 1.82) is 0 Å². The Morgan fingerprint density at radius 1 is 1.14 bits per heavy atom. The van der Waals surface area contributed by atoms with Crippen LogP contribution in [0.1, 0.15) is 44.1 Å². The minimum Gasteiger partial charge on any atom is -0.478 e. The largest absolute Gasteiger partial charge is 0.478 e. The van der Waals surface area contributed by atoms with Gasteiger partial charge in [-0.1, -0.05) is 74.7 Å². The van der Waals surface area contributed by atoms with Crippen molar-refractivity contribution < 1.29 is 9.90 Å². The van der Waals surface area contributed by atoms with Gasteiger partial charge in [-0.05, 0) is 22.8 Å². The Morgan fingerprint density at radius 2 is 1.90 bits per heavy atom. The Hall–Kier alpha value is -2.09. The molecule has 1 atom stereocenters. The van der Waals surface area contributed by atoms with Crippen LogP contribution >= 0.6 is 0 Å². The van der Waals surface area contributed by atoms with Gasteiger partial charge in [0.1, 0.15) is 0 Å². The Balaban J connectivity index is 2.35. The topological polar surface area (TPSA) is 37.3 Å². The van der Waals surface area contributed by atoms with Crippen LogP contribution in [0.25, 0.3) is 10.8 Å². The van der Waals surface area contributed by atoms with Crippen LogP contribution in [0.15, 0.2) is 54.6 Å². The fourth-order valence-corrected chi connectivity index (χ4v) is 2.74. The van der Waals surface area contributed by atoms with Crippen molar-refractivity contribution in [2.75, 3.05) is 0 Å². The maximum Gasteiger partial charge on any atom is 0.327 e. The van der Waals surface area contributed by atoms with E-state index >= 15 is 0 Å². The molecular weight excluding hydrogens is 260 g/mol. The van der Waals surface area contributed by atoms with Crippen LogP contribution in [-0.4, -0.2) is 11.1 Å². The van der Waals surface area contributed by atoms with E-state index in [4.69, 9.17) is 5.11 Å². The second kappa shape index (κ2) is 7.63. The van der Waals surface area contributed by atoms with E-state index < -0.39 is 5.97 Å². The summed E-state index contributed by atoms with van der Waals surface area (Å²) in [5.41, 5.74) is 1.22. The molecule has 0 radical (unpaired) electrons. The summed E-state index contributed by atoms with van der Waals surface area (Å²) in [6.45, 7) is 2.18. The quantitative estimate of drug-likeness (QED) is 0.563. The van der Waals surface area contributed by atoms with Crippen LogP contribution in [0.3, 0.4) is 0 Å². The molecular formula is C19H22O2. The molecule has 0 aliphatic rings. The first-order valence-corrected chi connectivity index (χ1v) is 7.61. The standard InChI is InChI=1S/C19H22O2/c1-2-3-4-8-16(13-14-19(20)21)18-12-7-10-15-9-5-6-11-17(15)18/h5-7,9-14,16H,2-4,8H2,1H3,(H,20,21). The van der Waals surface area contributed by atoms with E-state index in [1.807, 2.05) is 18.2 Å². The minimum atomic E-state index is -0.879. The fraction of sp³-hybridized carbons (Fsp3) is 0.316. The van der Waals surface area contributed by atoms with Crippen molar-refractivity contribution in [3.63, 3.8) is 0 Å². The van der Waals surface area contributed by atoms with Crippen LogP contribution in [0.4, 0.5) is 0 Å². The molecule has 21 heavy (non-hydrogen) atoms. The van der Waals surface area contributed by atoms with E-state index in [1.54, 1.807) is 0 Å². The third-order valence-corrected chi connectivity index (χ3v) is 3.81. The van der Waals surface area contributed by atoms with Gasteiger partial charge in [-0.2, -0.15) is 0 Å². The molecule has 2 heteroatoms. The third-order valence-electron chi connectivity index (χ3n) is 3.81. The predicted octanol–water partition coefficient (Wildman–Crippen LogP) is 5.14. The number of hydrogen-bond acceptors (Lipinski definition) is 1. The molecule has 0 fully saturated rings. The van der Waals surface area contributed by atoms with Crippen molar-refractivity contribution in [3.8, 4) is 0 Å². The van der Waals surface area contributed by atoms with Gasteiger partial charge in [-0.25, -0.2) is 4.79 Å². The molecule has 2 rings (SSSR count). The van der Waals surface area contributed by atoms with Crippen molar-refractivity contribution >= 4 is 16.7 Å². The number of aliphatic carboxylic acids is 1. The van der Waals surface area contributed by atoms with Crippen LogP contribution in [0.5, 0.6) is 0 Å². The van der Waals surface area contributed by atoms with E-state index in [0.29, 0.717) is 0 Å². The number of carboxylic acids is 1. The van der Waals surface area contributed by atoms with Crippen LogP contribution < -0.4 is 0 Å². The summed E-state index contributed by atoms with van der Waals surface area (Å²) in [5.74, 6) is -0.713. The van der Waals surface area contributed by atoms with Gasteiger partial charge >= 0.3 is 5.97 Å². The second-order valence-corrected chi connectivity index (χ2v) is 5.37. The lowest BCUT2D eigenvalue weighted by molar-refractivity contribution is -0.131. The molecule has 0 aliphatic heterocycles. The van der Waals surface area contributed by atoms with E-state index in [-0.39, 0.29) is 5.92 Å². The normalized spacial score (nSPS) is 12.8. The van der Waals surface area contributed by atoms with Crippen molar-refractivity contribution in [2.24, 2.45) is 0 Å². The highest BCUT2D eigenvalue weighted by Crippen LogP contribution is 2.30. The molecule has 1 unspecified atom stereocenters. The summed E-state index contributed by atoms with van der Waals surface area (Å²) in [5, 5.41) is 11.3. The van der Waals surface area contributed by atoms with E-state index in [1.165, 1.54) is 35.3 Å². The molecule has 2 aromatic carbocycles. The molecule has 0 bridgehead atoms. The van der Waals surface area contributed by atoms with Gasteiger partial charge in [0.2, 0.25) is 0 Å². The second-order valence-electron chi connectivity index (χ2n) is 5.37. The Bertz CT molecular complexity index is 623. The van der Waals surface area contributed by atoms with E-state index in [2.05, 4.69) is 37.3 Å². The average Bonchev–Trinajstić information content (AvgIpc) is 2.50. The Morgan fingerprint density at radius 3 is 2.67 bits per heavy atom. The molecule has 0 heterocycles. The number of unbranched alkanes of at least 4 members (excludes halogenated alkanes) is 2. The first-order chi connectivity index (χ1) is 10.2.